The van der Waals surface area contributed by atoms with Gasteiger partial charge in [0, 0.05) is 23.2 Å². The van der Waals surface area contributed by atoms with Crippen molar-refractivity contribution in [3.05, 3.63) is 23.8 Å². The summed E-state index contributed by atoms with van der Waals surface area (Å²) in [6.07, 6.45) is 5.41. The molecular formula is C35H51NO10. The highest BCUT2D eigenvalue weighted by molar-refractivity contribution is 6.01. The van der Waals surface area contributed by atoms with Gasteiger partial charge >= 0.3 is 18.0 Å². The zero-order valence-corrected chi connectivity index (χ0v) is 28.4. The predicted octanol–water partition coefficient (Wildman–Crippen LogP) is 4.12. The second-order valence-corrected chi connectivity index (χ2v) is 16.0. The van der Waals surface area contributed by atoms with Crippen LogP contribution in [0.2, 0.25) is 0 Å². The Bertz CT molecular complexity index is 1320. The fourth-order valence-corrected chi connectivity index (χ4v) is 8.50. The fraction of sp³-hybridized carbons (Fsp3) is 0.743. The highest BCUT2D eigenvalue weighted by Gasteiger charge is 2.68. The molecule has 0 heterocycles. The van der Waals surface area contributed by atoms with Crippen LogP contribution in [0.1, 0.15) is 100 Å². The maximum Gasteiger partial charge on any atom is 0.408 e. The molecule has 0 radical (unpaired) electrons. The van der Waals surface area contributed by atoms with E-state index in [1.807, 2.05) is 13.0 Å². The molecule has 256 valence electrons. The number of carbonyl (C=O) groups is 5. The maximum absolute atomic E-state index is 13.7. The lowest BCUT2D eigenvalue weighted by atomic mass is 9.46. The van der Waals surface area contributed by atoms with E-state index in [0.29, 0.717) is 12.8 Å². The molecule has 0 aromatic carbocycles. The van der Waals surface area contributed by atoms with Crippen LogP contribution in [0.3, 0.4) is 0 Å². The molecule has 4 rings (SSSR count). The average Bonchev–Trinajstić information content (AvgIpc) is 3.18. The molecule has 1 amide bonds. The standard InChI is InChI=1S/C35H51NO10/c1-31(2,3)45-27(40)12-11-24(36-30(42)46-32(4,5)6)29(41)44-19-26(39)35(43)16-14-23-22-10-9-20-17-21(37)13-15-33(20,7)28(22)25(38)18-34(23,35)8/h13,15,17,22-25,28,38,43H,9-12,14,16,18-19H2,1-8H3,(H,36,42)/t22-,23+,24-,25-,28+,33-,34-,35-/m0/s1. The van der Waals surface area contributed by atoms with Gasteiger partial charge in [0.05, 0.1) is 6.10 Å². The van der Waals surface area contributed by atoms with Crippen molar-refractivity contribution >= 4 is 29.6 Å². The number of aliphatic hydroxyl groups is 2. The molecule has 4 aliphatic rings. The van der Waals surface area contributed by atoms with Gasteiger partial charge in [-0.15, -0.1) is 0 Å². The number of nitrogens with one attached hydrogen (secondary N) is 1. The molecule has 0 spiro atoms. The number of hydrogen-bond acceptors (Lipinski definition) is 10. The Morgan fingerprint density at radius 3 is 2.33 bits per heavy atom. The number of ketones is 2. The monoisotopic (exact) mass is 645 g/mol. The molecule has 3 saturated carbocycles. The lowest BCUT2D eigenvalue weighted by molar-refractivity contribution is -0.181. The smallest absolute Gasteiger partial charge is 0.408 e. The zero-order valence-electron chi connectivity index (χ0n) is 28.4. The number of esters is 2. The summed E-state index contributed by atoms with van der Waals surface area (Å²) in [4.78, 5) is 63.9. The van der Waals surface area contributed by atoms with E-state index in [1.54, 1.807) is 53.7 Å². The number of rotatable bonds is 8. The molecule has 0 aromatic heterocycles. The molecule has 11 nitrogen and oxygen atoms in total. The van der Waals surface area contributed by atoms with Crippen molar-refractivity contribution in [3.8, 4) is 0 Å². The van der Waals surface area contributed by atoms with Gasteiger partial charge in [-0.3, -0.25) is 14.4 Å². The summed E-state index contributed by atoms with van der Waals surface area (Å²) < 4.78 is 16.0. The van der Waals surface area contributed by atoms with E-state index < -0.39 is 70.2 Å². The molecule has 0 bridgehead atoms. The Hall–Kier alpha value is -3.05. The van der Waals surface area contributed by atoms with Crippen molar-refractivity contribution in [2.75, 3.05) is 6.61 Å². The highest BCUT2D eigenvalue weighted by atomic mass is 16.6. The van der Waals surface area contributed by atoms with E-state index >= 15 is 0 Å². The third kappa shape index (κ3) is 7.10. The number of aliphatic hydroxyl groups excluding tert-OH is 1. The molecule has 11 heteroatoms. The largest absolute Gasteiger partial charge is 0.460 e. The molecule has 8 atom stereocenters. The summed E-state index contributed by atoms with van der Waals surface area (Å²) in [5.41, 5.74) is -3.86. The van der Waals surface area contributed by atoms with Gasteiger partial charge in [0.1, 0.15) is 22.8 Å². The fourth-order valence-electron chi connectivity index (χ4n) is 8.50. The van der Waals surface area contributed by atoms with Crippen molar-refractivity contribution in [2.45, 2.75) is 129 Å². The number of hydrogen-bond donors (Lipinski definition) is 3. The first-order chi connectivity index (χ1) is 21.1. The van der Waals surface area contributed by atoms with Crippen molar-refractivity contribution in [1.82, 2.24) is 5.32 Å². The first-order valence-corrected chi connectivity index (χ1v) is 16.4. The van der Waals surface area contributed by atoms with Gasteiger partial charge in [-0.1, -0.05) is 25.5 Å². The minimum atomic E-state index is -1.84. The number of fused-ring (bicyclic) bond motifs is 5. The zero-order chi connectivity index (χ0) is 34.5. The van der Waals surface area contributed by atoms with E-state index in [1.165, 1.54) is 0 Å². The number of ether oxygens (including phenoxy) is 3. The molecule has 0 aliphatic heterocycles. The number of Topliss-reactive ketones (excluding diaryl/α,β-unsaturated/α-hetero) is 1. The van der Waals surface area contributed by atoms with Crippen LogP contribution < -0.4 is 5.32 Å². The van der Waals surface area contributed by atoms with Gasteiger partial charge < -0.3 is 29.7 Å². The summed E-state index contributed by atoms with van der Waals surface area (Å²) >= 11 is 0. The number of amides is 1. The summed E-state index contributed by atoms with van der Waals surface area (Å²) in [5, 5.41) is 26.0. The van der Waals surface area contributed by atoms with Crippen LogP contribution in [0.15, 0.2) is 23.8 Å². The third-order valence-electron chi connectivity index (χ3n) is 10.5. The van der Waals surface area contributed by atoms with Crippen LogP contribution in [0, 0.1) is 28.6 Å². The second-order valence-electron chi connectivity index (χ2n) is 16.0. The normalized spacial score (nSPS) is 34.3. The SMILES string of the molecule is CC(C)(C)OC(=O)CC[C@H](NC(=O)OC(C)(C)C)C(=O)OCC(=O)[C@@]1(O)CC[C@@H]2[C@@H]3CCC4=CC(=O)C=C[C@]4(C)[C@H]3[C@@H](O)C[C@@]21C. The number of alkyl carbamates (subject to hydrolysis) is 1. The first-order valence-electron chi connectivity index (χ1n) is 16.4. The molecule has 4 aliphatic carbocycles. The van der Waals surface area contributed by atoms with Gasteiger partial charge in [-0.2, -0.15) is 0 Å². The third-order valence-corrected chi connectivity index (χ3v) is 10.5. The lowest BCUT2D eigenvalue weighted by Gasteiger charge is -2.59. The molecular weight excluding hydrogens is 594 g/mol. The molecule has 0 unspecified atom stereocenters. The number of carbonyl (C=O) groups excluding carboxylic acids is 5. The predicted molar refractivity (Wildman–Crippen MR) is 167 cm³/mol. The van der Waals surface area contributed by atoms with Gasteiger partial charge in [0.25, 0.3) is 0 Å². The van der Waals surface area contributed by atoms with Gasteiger partial charge in [-0.05, 0) is 104 Å². The second kappa shape index (κ2) is 12.5. The Morgan fingerprint density at radius 1 is 1.04 bits per heavy atom. The van der Waals surface area contributed by atoms with Crippen molar-refractivity contribution in [3.63, 3.8) is 0 Å². The van der Waals surface area contributed by atoms with E-state index in [9.17, 15) is 34.2 Å². The molecule has 3 N–H and O–H groups in total. The molecule has 0 saturated heterocycles. The van der Waals surface area contributed by atoms with Crippen LogP contribution in [0.4, 0.5) is 4.79 Å². The Kier molecular flexibility index (Phi) is 9.75. The Morgan fingerprint density at radius 2 is 1.70 bits per heavy atom. The van der Waals surface area contributed by atoms with E-state index in [-0.39, 0.29) is 49.2 Å². The van der Waals surface area contributed by atoms with Crippen molar-refractivity contribution < 1.29 is 48.4 Å². The summed E-state index contributed by atoms with van der Waals surface area (Å²) in [7, 11) is 0. The Labute approximate surface area is 271 Å². The van der Waals surface area contributed by atoms with Gasteiger partial charge in [-0.25, -0.2) is 9.59 Å². The van der Waals surface area contributed by atoms with Crippen LogP contribution >= 0.6 is 0 Å². The van der Waals surface area contributed by atoms with Crippen molar-refractivity contribution in [2.24, 2.45) is 28.6 Å². The summed E-state index contributed by atoms with van der Waals surface area (Å²) in [5.74, 6) is -2.45. The van der Waals surface area contributed by atoms with Crippen LogP contribution in [0.5, 0.6) is 0 Å². The Balaban J connectivity index is 1.46. The summed E-state index contributed by atoms with van der Waals surface area (Å²) in [6, 6.07) is -1.31. The van der Waals surface area contributed by atoms with Gasteiger partial charge in [0.2, 0.25) is 5.78 Å². The average molecular weight is 646 g/mol. The minimum Gasteiger partial charge on any atom is -0.460 e. The molecule has 46 heavy (non-hydrogen) atoms. The van der Waals surface area contributed by atoms with E-state index in [2.05, 4.69) is 12.2 Å². The molecule has 0 aromatic rings. The van der Waals surface area contributed by atoms with E-state index in [0.717, 1.165) is 12.0 Å². The topological polar surface area (TPSA) is 166 Å². The van der Waals surface area contributed by atoms with Crippen LogP contribution in [0.25, 0.3) is 0 Å². The van der Waals surface area contributed by atoms with Gasteiger partial charge in [0.15, 0.2) is 12.4 Å². The minimum absolute atomic E-state index is 0.0217. The van der Waals surface area contributed by atoms with E-state index in [4.69, 9.17) is 14.2 Å². The quantitative estimate of drug-likeness (QED) is 0.258. The lowest BCUT2D eigenvalue weighted by Crippen LogP contribution is -2.61. The maximum atomic E-state index is 13.7. The number of allylic oxidation sites excluding steroid dienone is 4. The van der Waals surface area contributed by atoms with Crippen LogP contribution in [-0.4, -0.2) is 75.4 Å². The molecule has 3 fully saturated rings. The van der Waals surface area contributed by atoms with Crippen LogP contribution in [-0.2, 0) is 33.4 Å². The highest BCUT2D eigenvalue weighted by Crippen LogP contribution is 2.67. The first kappa shape index (κ1) is 35.8. The summed E-state index contributed by atoms with van der Waals surface area (Å²) in [6.45, 7) is 13.3. The van der Waals surface area contributed by atoms with Crippen molar-refractivity contribution in [1.29, 1.82) is 0 Å².